The number of hydrogen-bond donors (Lipinski definition) is 0. The van der Waals surface area contributed by atoms with Crippen molar-refractivity contribution in [3.63, 3.8) is 0 Å². The predicted molar refractivity (Wildman–Crippen MR) is 78.1 cm³/mol. The lowest BCUT2D eigenvalue weighted by molar-refractivity contribution is 0.411. The van der Waals surface area contributed by atoms with Crippen LogP contribution >= 0.6 is 0 Å². The third kappa shape index (κ3) is 2.77. The van der Waals surface area contributed by atoms with Gasteiger partial charge in [-0.25, -0.2) is 0 Å². The first-order valence-electron chi connectivity index (χ1n) is 6.67. The van der Waals surface area contributed by atoms with E-state index in [4.69, 9.17) is 4.42 Å². The van der Waals surface area contributed by atoms with E-state index in [1.165, 1.54) is 16.5 Å². The second kappa shape index (κ2) is 4.15. The average molecular weight is 244 g/mol. The van der Waals surface area contributed by atoms with Gasteiger partial charge in [0.15, 0.2) is 0 Å². The molecule has 0 aliphatic rings. The van der Waals surface area contributed by atoms with Gasteiger partial charge in [-0.3, -0.25) is 0 Å². The molecule has 0 aliphatic heterocycles. The summed E-state index contributed by atoms with van der Waals surface area (Å²) in [5.41, 5.74) is 4.18. The maximum absolute atomic E-state index is 5.66. The van der Waals surface area contributed by atoms with Crippen molar-refractivity contribution in [2.45, 2.75) is 53.4 Å². The average Bonchev–Trinajstić information content (AvgIpc) is 2.59. The first kappa shape index (κ1) is 13.2. The summed E-state index contributed by atoms with van der Waals surface area (Å²) in [5.74, 6) is 0. The van der Waals surface area contributed by atoms with Crippen LogP contribution in [0, 0.1) is 5.41 Å². The molecule has 1 heterocycles. The van der Waals surface area contributed by atoms with Crippen molar-refractivity contribution in [2.75, 3.05) is 0 Å². The Kier molecular flexibility index (Phi) is 3.04. The van der Waals surface area contributed by atoms with Gasteiger partial charge in [-0.05, 0) is 34.9 Å². The molecule has 0 atom stereocenters. The topological polar surface area (TPSA) is 13.1 Å². The van der Waals surface area contributed by atoms with Crippen LogP contribution in [-0.4, -0.2) is 0 Å². The molecular weight excluding hydrogens is 220 g/mol. The Balaban J connectivity index is 2.58. The summed E-state index contributed by atoms with van der Waals surface area (Å²) in [7, 11) is 0. The number of fused-ring (bicyclic) bond motifs is 1. The third-order valence-corrected chi connectivity index (χ3v) is 3.15. The molecule has 0 unspecified atom stereocenters. The lowest BCUT2D eigenvalue weighted by Gasteiger charge is -2.23. The minimum absolute atomic E-state index is 0.115. The van der Waals surface area contributed by atoms with Crippen LogP contribution in [0.2, 0.25) is 0 Å². The minimum atomic E-state index is 0.115. The highest BCUT2D eigenvalue weighted by Crippen LogP contribution is 2.33. The highest BCUT2D eigenvalue weighted by atomic mass is 16.3. The molecule has 18 heavy (non-hydrogen) atoms. The van der Waals surface area contributed by atoms with E-state index in [1.807, 2.05) is 0 Å². The first-order chi connectivity index (χ1) is 8.17. The molecule has 2 rings (SSSR count). The Morgan fingerprint density at radius 1 is 1.00 bits per heavy atom. The monoisotopic (exact) mass is 244 g/mol. The van der Waals surface area contributed by atoms with E-state index >= 15 is 0 Å². The Labute approximate surface area is 110 Å². The summed E-state index contributed by atoms with van der Waals surface area (Å²) in [6, 6.07) is 6.65. The van der Waals surface area contributed by atoms with Crippen molar-refractivity contribution in [1.82, 2.24) is 0 Å². The van der Waals surface area contributed by atoms with Crippen LogP contribution in [-0.2, 0) is 11.8 Å². The number of hydrogen-bond acceptors (Lipinski definition) is 1. The van der Waals surface area contributed by atoms with E-state index in [2.05, 4.69) is 59.7 Å². The van der Waals surface area contributed by atoms with E-state index in [1.54, 1.807) is 6.26 Å². The Bertz CT molecular complexity index is 547. The van der Waals surface area contributed by atoms with Gasteiger partial charge < -0.3 is 4.42 Å². The Morgan fingerprint density at radius 3 is 2.22 bits per heavy atom. The van der Waals surface area contributed by atoms with Crippen LogP contribution in [0.4, 0.5) is 0 Å². The van der Waals surface area contributed by atoms with Crippen LogP contribution < -0.4 is 0 Å². The van der Waals surface area contributed by atoms with Crippen LogP contribution in [0.15, 0.2) is 28.9 Å². The van der Waals surface area contributed by atoms with Gasteiger partial charge >= 0.3 is 0 Å². The highest BCUT2D eigenvalue weighted by Gasteiger charge is 2.21. The normalized spacial score (nSPS) is 13.2. The van der Waals surface area contributed by atoms with E-state index in [0.717, 1.165) is 12.0 Å². The van der Waals surface area contributed by atoms with E-state index < -0.39 is 0 Å². The largest absolute Gasteiger partial charge is 0.464 e. The molecule has 1 nitrogen and oxygen atoms in total. The summed E-state index contributed by atoms with van der Waals surface area (Å²) >= 11 is 0. The lowest BCUT2D eigenvalue weighted by atomic mass is 9.82. The van der Waals surface area contributed by atoms with Crippen molar-refractivity contribution in [3.05, 3.63) is 35.6 Å². The molecule has 2 aromatic rings. The molecular formula is C17H24O. The van der Waals surface area contributed by atoms with Crippen molar-refractivity contribution in [2.24, 2.45) is 5.41 Å². The van der Waals surface area contributed by atoms with Crippen molar-refractivity contribution >= 4 is 11.0 Å². The van der Waals surface area contributed by atoms with Crippen molar-refractivity contribution < 1.29 is 4.42 Å². The Morgan fingerprint density at radius 2 is 1.67 bits per heavy atom. The maximum Gasteiger partial charge on any atom is 0.137 e. The van der Waals surface area contributed by atoms with Crippen molar-refractivity contribution in [3.8, 4) is 0 Å². The van der Waals surface area contributed by atoms with E-state index in [9.17, 15) is 0 Å². The molecule has 1 aromatic heterocycles. The van der Waals surface area contributed by atoms with Crippen molar-refractivity contribution in [1.29, 1.82) is 0 Å². The molecule has 0 spiro atoms. The number of benzene rings is 1. The van der Waals surface area contributed by atoms with Gasteiger partial charge in [0.25, 0.3) is 0 Å². The zero-order valence-electron chi connectivity index (χ0n) is 12.4. The predicted octanol–water partition coefficient (Wildman–Crippen LogP) is 5.32. The molecule has 98 valence electrons. The summed E-state index contributed by atoms with van der Waals surface area (Å²) in [6.07, 6.45) is 2.89. The molecule has 1 aromatic carbocycles. The second-order valence-corrected chi connectivity index (χ2v) is 7.47. The number of furan rings is 1. The van der Waals surface area contributed by atoms with Gasteiger partial charge in [0, 0.05) is 10.9 Å². The standard InChI is InChI=1S/C17H24O/c1-16(2,3)11-12-9-13-7-8-18-15(13)14(10-12)17(4,5)6/h7-10H,11H2,1-6H3. The quantitative estimate of drug-likeness (QED) is 0.661. The fourth-order valence-corrected chi connectivity index (χ4v) is 2.42. The van der Waals surface area contributed by atoms with Crippen LogP contribution in [0.3, 0.4) is 0 Å². The van der Waals surface area contributed by atoms with Crippen LogP contribution in [0.25, 0.3) is 11.0 Å². The Hall–Kier alpha value is -1.24. The van der Waals surface area contributed by atoms with Gasteiger partial charge in [-0.1, -0.05) is 47.6 Å². The fraction of sp³-hybridized carbons (Fsp3) is 0.529. The van der Waals surface area contributed by atoms with Gasteiger partial charge in [0.1, 0.15) is 5.58 Å². The number of rotatable bonds is 1. The molecule has 0 saturated heterocycles. The van der Waals surface area contributed by atoms with Crippen LogP contribution in [0.1, 0.15) is 52.7 Å². The van der Waals surface area contributed by atoms with Gasteiger partial charge in [-0.2, -0.15) is 0 Å². The van der Waals surface area contributed by atoms with Gasteiger partial charge in [-0.15, -0.1) is 0 Å². The molecule has 0 radical (unpaired) electrons. The molecule has 0 saturated carbocycles. The molecule has 0 bridgehead atoms. The van der Waals surface area contributed by atoms with E-state index in [-0.39, 0.29) is 5.41 Å². The molecule has 0 N–H and O–H groups in total. The maximum atomic E-state index is 5.66. The second-order valence-electron chi connectivity index (χ2n) is 7.47. The minimum Gasteiger partial charge on any atom is -0.464 e. The smallest absolute Gasteiger partial charge is 0.137 e. The zero-order valence-corrected chi connectivity index (χ0v) is 12.4. The summed E-state index contributed by atoms with van der Waals surface area (Å²) in [6.45, 7) is 13.6. The van der Waals surface area contributed by atoms with Gasteiger partial charge in [0.05, 0.1) is 6.26 Å². The first-order valence-corrected chi connectivity index (χ1v) is 6.67. The SMILES string of the molecule is CC(C)(C)Cc1cc(C(C)(C)C)c2occc2c1. The summed E-state index contributed by atoms with van der Waals surface area (Å²) < 4.78 is 5.66. The summed E-state index contributed by atoms with van der Waals surface area (Å²) in [4.78, 5) is 0. The van der Waals surface area contributed by atoms with Crippen LogP contribution in [0.5, 0.6) is 0 Å². The van der Waals surface area contributed by atoms with Gasteiger partial charge in [0.2, 0.25) is 0 Å². The molecule has 0 aliphatic carbocycles. The molecule has 0 fully saturated rings. The molecule has 1 heteroatoms. The third-order valence-electron chi connectivity index (χ3n) is 3.15. The molecule has 0 amide bonds. The summed E-state index contributed by atoms with van der Waals surface area (Å²) in [5, 5.41) is 1.22. The van der Waals surface area contributed by atoms with E-state index in [0.29, 0.717) is 5.41 Å². The fourth-order valence-electron chi connectivity index (χ4n) is 2.42. The highest BCUT2D eigenvalue weighted by molar-refractivity contribution is 5.82. The zero-order chi connectivity index (χ0) is 13.6. The lowest BCUT2D eigenvalue weighted by Crippen LogP contribution is -2.14.